The van der Waals surface area contributed by atoms with Gasteiger partial charge < -0.3 is 10.6 Å². The molecule has 0 aliphatic heterocycles. The summed E-state index contributed by atoms with van der Waals surface area (Å²) in [5.74, 6) is 0.132. The third-order valence-corrected chi connectivity index (χ3v) is 7.47. The van der Waals surface area contributed by atoms with Crippen LogP contribution in [0, 0.1) is 13.8 Å². The molecule has 0 atom stereocenters. The van der Waals surface area contributed by atoms with Crippen LogP contribution in [0.3, 0.4) is 0 Å². The molecule has 8 nitrogen and oxygen atoms in total. The molecule has 0 spiro atoms. The van der Waals surface area contributed by atoms with E-state index in [-0.39, 0.29) is 16.6 Å². The van der Waals surface area contributed by atoms with Crippen LogP contribution in [0.5, 0.6) is 0 Å². The molecule has 1 aromatic heterocycles. The number of carbonyl (C=O) groups excluding carboxylic acids is 1. The van der Waals surface area contributed by atoms with E-state index in [4.69, 9.17) is 5.14 Å². The maximum atomic E-state index is 12.1. The summed E-state index contributed by atoms with van der Waals surface area (Å²) in [4.78, 5) is 12.2. The van der Waals surface area contributed by atoms with Gasteiger partial charge in [0, 0.05) is 12.2 Å². The maximum Gasteiger partial charge on any atom is 0.238 e. The van der Waals surface area contributed by atoms with Gasteiger partial charge in [-0.15, -0.1) is 10.2 Å². The van der Waals surface area contributed by atoms with Gasteiger partial charge in [-0.25, -0.2) is 13.6 Å². The quantitative estimate of drug-likeness (QED) is 0.404. The fraction of sp³-hybridized carbons (Fsp3) is 0.250. The van der Waals surface area contributed by atoms with Gasteiger partial charge in [0.2, 0.25) is 21.1 Å². The molecule has 0 saturated carbocycles. The fourth-order valence-corrected chi connectivity index (χ4v) is 4.80. The molecule has 0 aliphatic rings. The molecule has 0 saturated heterocycles. The molecular weight excluding hydrogens is 454 g/mol. The number of aromatic nitrogens is 2. The molecule has 0 unspecified atom stereocenters. The summed E-state index contributed by atoms with van der Waals surface area (Å²) in [7, 11) is -3.69. The number of sulfonamides is 1. The van der Waals surface area contributed by atoms with E-state index in [1.807, 2.05) is 19.1 Å². The van der Waals surface area contributed by atoms with Crippen LogP contribution in [-0.2, 0) is 21.2 Å². The minimum absolute atomic E-state index is 0.0696. The molecule has 1 amide bonds. The van der Waals surface area contributed by atoms with Gasteiger partial charge >= 0.3 is 0 Å². The van der Waals surface area contributed by atoms with Crippen molar-refractivity contribution in [1.82, 2.24) is 15.5 Å². The number of aryl methyl sites for hydroxylation is 1. The molecule has 0 fully saturated rings. The average Bonchev–Trinajstić information content (AvgIpc) is 3.17. The molecule has 4 N–H and O–H groups in total. The molecule has 31 heavy (non-hydrogen) atoms. The van der Waals surface area contributed by atoms with Gasteiger partial charge in [0.05, 0.1) is 10.6 Å². The summed E-state index contributed by atoms with van der Waals surface area (Å²) in [6.45, 7) is 4.55. The van der Waals surface area contributed by atoms with Gasteiger partial charge in [-0.1, -0.05) is 47.4 Å². The predicted molar refractivity (Wildman–Crippen MR) is 124 cm³/mol. The van der Waals surface area contributed by atoms with E-state index in [1.165, 1.54) is 40.8 Å². The van der Waals surface area contributed by atoms with E-state index in [2.05, 4.69) is 33.8 Å². The fourth-order valence-electron chi connectivity index (χ4n) is 2.69. The van der Waals surface area contributed by atoms with Crippen LogP contribution in [0.1, 0.15) is 16.7 Å². The molecule has 11 heteroatoms. The Morgan fingerprint density at radius 3 is 2.58 bits per heavy atom. The number of nitrogens with zero attached hydrogens (tertiary/aromatic N) is 2. The normalized spacial score (nSPS) is 11.3. The van der Waals surface area contributed by atoms with E-state index in [0.29, 0.717) is 22.4 Å². The number of anilines is 2. The molecule has 164 valence electrons. The second kappa shape index (κ2) is 10.2. The predicted octanol–water partition coefficient (Wildman–Crippen LogP) is 3.00. The zero-order chi connectivity index (χ0) is 22.4. The van der Waals surface area contributed by atoms with Gasteiger partial charge in [0.15, 0.2) is 4.34 Å². The van der Waals surface area contributed by atoms with Crippen molar-refractivity contribution in [2.75, 3.05) is 17.6 Å². The number of hydrogen-bond donors (Lipinski definition) is 3. The Hall–Kier alpha value is -2.47. The lowest BCUT2D eigenvalue weighted by molar-refractivity contribution is -0.118. The molecule has 2 aromatic carbocycles. The molecule has 3 rings (SSSR count). The van der Waals surface area contributed by atoms with Crippen LogP contribution in [0.4, 0.5) is 10.8 Å². The SMILES string of the molecule is Cc1cccc(Nc2nnc(SCC(=O)NCCc3ccc(S(N)(=O)=O)cc3)s2)c1C. The Labute approximate surface area is 189 Å². The minimum Gasteiger partial charge on any atom is -0.355 e. The first-order chi connectivity index (χ1) is 14.7. The van der Waals surface area contributed by atoms with E-state index in [0.717, 1.165) is 16.8 Å². The second-order valence-corrected chi connectivity index (χ2v) is 10.6. The van der Waals surface area contributed by atoms with Gasteiger partial charge in [-0.2, -0.15) is 0 Å². The van der Waals surface area contributed by atoms with Crippen molar-refractivity contribution in [3.8, 4) is 0 Å². The van der Waals surface area contributed by atoms with Crippen LogP contribution in [0.25, 0.3) is 0 Å². The highest BCUT2D eigenvalue weighted by Gasteiger charge is 2.10. The number of hydrogen-bond acceptors (Lipinski definition) is 8. The molecule has 0 aliphatic carbocycles. The van der Waals surface area contributed by atoms with Crippen molar-refractivity contribution in [3.63, 3.8) is 0 Å². The van der Waals surface area contributed by atoms with E-state index in [9.17, 15) is 13.2 Å². The van der Waals surface area contributed by atoms with Crippen molar-refractivity contribution in [2.45, 2.75) is 29.5 Å². The van der Waals surface area contributed by atoms with Crippen LogP contribution < -0.4 is 15.8 Å². The number of carbonyl (C=O) groups is 1. The summed E-state index contributed by atoms with van der Waals surface area (Å²) >= 11 is 2.73. The smallest absolute Gasteiger partial charge is 0.238 e. The topological polar surface area (TPSA) is 127 Å². The largest absolute Gasteiger partial charge is 0.355 e. The number of nitrogens with one attached hydrogen (secondary N) is 2. The third-order valence-electron chi connectivity index (χ3n) is 4.57. The van der Waals surface area contributed by atoms with E-state index < -0.39 is 10.0 Å². The Kier molecular flexibility index (Phi) is 7.65. The zero-order valence-corrected chi connectivity index (χ0v) is 19.5. The number of amides is 1. The van der Waals surface area contributed by atoms with Crippen molar-refractivity contribution >= 4 is 49.8 Å². The molecule has 0 bridgehead atoms. The summed E-state index contributed by atoms with van der Waals surface area (Å²) < 4.78 is 23.2. The maximum absolute atomic E-state index is 12.1. The highest BCUT2D eigenvalue weighted by molar-refractivity contribution is 8.01. The number of primary sulfonamides is 1. The van der Waals surface area contributed by atoms with Crippen molar-refractivity contribution in [1.29, 1.82) is 0 Å². The summed E-state index contributed by atoms with van der Waals surface area (Å²) in [6, 6.07) is 12.3. The van der Waals surface area contributed by atoms with E-state index >= 15 is 0 Å². The molecule has 3 aromatic rings. The highest BCUT2D eigenvalue weighted by atomic mass is 32.2. The third kappa shape index (κ3) is 6.76. The lowest BCUT2D eigenvalue weighted by Gasteiger charge is -2.08. The highest BCUT2D eigenvalue weighted by Crippen LogP contribution is 2.29. The minimum atomic E-state index is -3.69. The van der Waals surface area contributed by atoms with Crippen LogP contribution in [0.15, 0.2) is 51.7 Å². The summed E-state index contributed by atoms with van der Waals surface area (Å²) in [5, 5.41) is 20.1. The van der Waals surface area contributed by atoms with Crippen molar-refractivity contribution in [2.24, 2.45) is 5.14 Å². The van der Waals surface area contributed by atoms with Crippen LogP contribution in [-0.4, -0.2) is 36.8 Å². The van der Waals surface area contributed by atoms with Crippen molar-refractivity contribution < 1.29 is 13.2 Å². The zero-order valence-electron chi connectivity index (χ0n) is 17.1. The Morgan fingerprint density at radius 2 is 1.87 bits per heavy atom. The average molecular weight is 478 g/mol. The van der Waals surface area contributed by atoms with Gasteiger partial charge in [-0.3, -0.25) is 4.79 Å². The number of thioether (sulfide) groups is 1. The lowest BCUT2D eigenvalue weighted by atomic mass is 10.1. The van der Waals surface area contributed by atoms with Gasteiger partial charge in [0.1, 0.15) is 0 Å². The Morgan fingerprint density at radius 1 is 1.13 bits per heavy atom. The number of nitrogens with two attached hydrogens (primary N) is 1. The van der Waals surface area contributed by atoms with E-state index in [1.54, 1.807) is 12.1 Å². The van der Waals surface area contributed by atoms with Crippen LogP contribution >= 0.6 is 23.1 Å². The monoisotopic (exact) mass is 477 g/mol. The van der Waals surface area contributed by atoms with Crippen molar-refractivity contribution in [3.05, 3.63) is 59.2 Å². The lowest BCUT2D eigenvalue weighted by Crippen LogP contribution is -2.27. The van der Waals surface area contributed by atoms with Crippen LogP contribution in [0.2, 0.25) is 0 Å². The van der Waals surface area contributed by atoms with Gasteiger partial charge in [-0.05, 0) is 55.2 Å². The van der Waals surface area contributed by atoms with Gasteiger partial charge in [0.25, 0.3) is 0 Å². The Balaban J connectivity index is 1.42. The summed E-state index contributed by atoms with van der Waals surface area (Å²) in [5.41, 5.74) is 4.25. The standard InChI is InChI=1S/C20H23N5O3S3/c1-13-4-3-5-17(14(13)2)23-19-24-25-20(30-19)29-12-18(26)22-11-10-15-6-8-16(9-7-15)31(21,27)28/h3-9H,10-12H2,1-2H3,(H,22,26)(H,23,24)(H2,21,27,28). The number of benzene rings is 2. The second-order valence-electron chi connectivity index (χ2n) is 6.82. The summed E-state index contributed by atoms with van der Waals surface area (Å²) in [6.07, 6.45) is 0.587. The number of rotatable bonds is 9. The first kappa shape index (κ1) is 23.2. The first-order valence-corrected chi connectivity index (χ1v) is 12.8. The first-order valence-electron chi connectivity index (χ1n) is 9.40. The Bertz CT molecular complexity index is 1160. The molecular formula is C20H23N5O3S3. The molecule has 1 heterocycles. The molecule has 0 radical (unpaired) electrons.